The highest BCUT2D eigenvalue weighted by atomic mass is 35.5. The van der Waals surface area contributed by atoms with Crippen molar-refractivity contribution in [3.8, 4) is 23.0 Å². The molecule has 33 heavy (non-hydrogen) atoms. The van der Waals surface area contributed by atoms with Crippen molar-refractivity contribution in [1.29, 1.82) is 0 Å². The normalized spacial score (nSPS) is 12.1. The summed E-state index contributed by atoms with van der Waals surface area (Å²) in [6.07, 6.45) is 2.28. The molecule has 0 saturated carbocycles. The van der Waals surface area contributed by atoms with Crippen LogP contribution >= 0.6 is 23.4 Å². The van der Waals surface area contributed by atoms with Gasteiger partial charge in [-0.2, -0.15) is 4.98 Å². The maximum Gasteiger partial charge on any atom is 0.227 e. The van der Waals surface area contributed by atoms with E-state index in [1.54, 1.807) is 18.0 Å². The van der Waals surface area contributed by atoms with Crippen molar-refractivity contribution < 1.29 is 9.84 Å². The van der Waals surface area contributed by atoms with Gasteiger partial charge >= 0.3 is 0 Å². The largest absolute Gasteiger partial charge is 0.436 e. The molecular formula is C26H22ClN3O2S. The van der Waals surface area contributed by atoms with Crippen molar-refractivity contribution in [2.75, 3.05) is 0 Å². The van der Waals surface area contributed by atoms with Crippen molar-refractivity contribution in [2.24, 2.45) is 0 Å². The van der Waals surface area contributed by atoms with E-state index in [0.29, 0.717) is 28.9 Å². The molecule has 5 rings (SSSR count). The second kappa shape index (κ2) is 9.14. The third-order valence-corrected chi connectivity index (χ3v) is 7.05. The molecule has 0 saturated heterocycles. The lowest BCUT2D eigenvalue weighted by Crippen LogP contribution is -2.13. The number of nitrogens with zero attached hydrogens (tertiary/aromatic N) is 3. The van der Waals surface area contributed by atoms with E-state index in [-0.39, 0.29) is 6.61 Å². The van der Waals surface area contributed by atoms with Gasteiger partial charge in [-0.15, -0.1) is 11.8 Å². The van der Waals surface area contributed by atoms with Crippen LogP contribution in [0.5, 0.6) is 11.6 Å². The summed E-state index contributed by atoms with van der Waals surface area (Å²) in [6, 6.07) is 16.0. The predicted octanol–water partition coefficient (Wildman–Crippen LogP) is 6.29. The molecule has 0 radical (unpaired) electrons. The van der Waals surface area contributed by atoms with Crippen molar-refractivity contribution in [1.82, 2.24) is 15.0 Å². The Labute approximate surface area is 201 Å². The molecule has 1 aliphatic rings. The fourth-order valence-corrected chi connectivity index (χ4v) is 5.12. The van der Waals surface area contributed by atoms with Crippen LogP contribution in [-0.2, 0) is 18.8 Å². The molecule has 3 heterocycles. The number of aliphatic hydroxyl groups excluding tert-OH is 1. The zero-order chi connectivity index (χ0) is 22.9. The molecule has 1 aliphatic heterocycles. The van der Waals surface area contributed by atoms with Crippen LogP contribution in [0.1, 0.15) is 33.5 Å². The molecule has 4 aromatic rings. The van der Waals surface area contributed by atoms with Gasteiger partial charge in [-0.05, 0) is 31.5 Å². The number of hydrogen-bond acceptors (Lipinski definition) is 6. The van der Waals surface area contributed by atoms with Crippen LogP contribution in [0.4, 0.5) is 0 Å². The Morgan fingerprint density at radius 1 is 1.06 bits per heavy atom. The Bertz CT molecular complexity index is 1360. The highest BCUT2D eigenvalue weighted by Gasteiger charge is 2.28. The van der Waals surface area contributed by atoms with E-state index in [9.17, 15) is 5.11 Å². The van der Waals surface area contributed by atoms with Gasteiger partial charge in [0, 0.05) is 35.1 Å². The van der Waals surface area contributed by atoms with Crippen LogP contribution in [0.15, 0.2) is 59.8 Å². The van der Waals surface area contributed by atoms with E-state index in [0.717, 1.165) is 38.7 Å². The van der Waals surface area contributed by atoms with Gasteiger partial charge in [0.1, 0.15) is 5.03 Å². The Kier molecular flexibility index (Phi) is 6.06. The molecule has 7 heteroatoms. The van der Waals surface area contributed by atoms with Crippen LogP contribution in [0.25, 0.3) is 11.4 Å². The van der Waals surface area contributed by atoms with E-state index >= 15 is 0 Å². The standard InChI is InChI=1S/C26H22ClN3O2S/c1-15-6-5-7-17(10-15)14-33-26-21-11-20-18(13-31)12-28-16(2)23(20)32-25(21)29-24(30-26)19-8-3-4-9-22(19)27/h3-10,12,31H,11,13-14H2,1-2H3. The Hall–Kier alpha value is -2.93. The smallest absolute Gasteiger partial charge is 0.227 e. The zero-order valence-corrected chi connectivity index (χ0v) is 19.9. The van der Waals surface area contributed by atoms with E-state index in [1.807, 2.05) is 31.2 Å². The Morgan fingerprint density at radius 2 is 1.91 bits per heavy atom. The third-order valence-electron chi connectivity index (χ3n) is 5.63. The van der Waals surface area contributed by atoms with Crippen LogP contribution in [0.2, 0.25) is 5.02 Å². The van der Waals surface area contributed by atoms with Gasteiger partial charge in [-0.25, -0.2) is 4.98 Å². The molecule has 0 bridgehead atoms. The summed E-state index contributed by atoms with van der Waals surface area (Å²) in [7, 11) is 0. The average Bonchev–Trinajstić information content (AvgIpc) is 2.82. The van der Waals surface area contributed by atoms with E-state index in [1.165, 1.54) is 11.1 Å². The summed E-state index contributed by atoms with van der Waals surface area (Å²) >= 11 is 8.12. The van der Waals surface area contributed by atoms with Gasteiger partial charge in [0.15, 0.2) is 11.6 Å². The van der Waals surface area contributed by atoms with E-state index in [2.05, 4.69) is 36.2 Å². The quantitative estimate of drug-likeness (QED) is 0.238. The minimum atomic E-state index is -0.0986. The number of halogens is 1. The molecule has 166 valence electrons. The lowest BCUT2D eigenvalue weighted by molar-refractivity contribution is 0.278. The minimum Gasteiger partial charge on any atom is -0.436 e. The van der Waals surface area contributed by atoms with Crippen molar-refractivity contribution >= 4 is 23.4 Å². The van der Waals surface area contributed by atoms with E-state index in [4.69, 9.17) is 26.3 Å². The number of aliphatic hydroxyl groups is 1. The molecule has 0 unspecified atom stereocenters. The number of benzene rings is 2. The number of hydrogen-bond donors (Lipinski definition) is 1. The molecule has 0 spiro atoms. The molecule has 0 fully saturated rings. The second-order valence-electron chi connectivity index (χ2n) is 8.01. The number of thioether (sulfide) groups is 1. The summed E-state index contributed by atoms with van der Waals surface area (Å²) in [6.45, 7) is 3.89. The minimum absolute atomic E-state index is 0.0986. The van der Waals surface area contributed by atoms with Crippen molar-refractivity contribution in [2.45, 2.75) is 37.7 Å². The van der Waals surface area contributed by atoms with Gasteiger partial charge in [0.25, 0.3) is 0 Å². The lowest BCUT2D eigenvalue weighted by atomic mass is 9.99. The molecular weight excluding hydrogens is 454 g/mol. The monoisotopic (exact) mass is 475 g/mol. The van der Waals surface area contributed by atoms with Crippen molar-refractivity contribution in [3.63, 3.8) is 0 Å². The van der Waals surface area contributed by atoms with Crippen LogP contribution in [0, 0.1) is 13.8 Å². The van der Waals surface area contributed by atoms with Crippen LogP contribution in [-0.4, -0.2) is 20.1 Å². The highest BCUT2D eigenvalue weighted by Crippen LogP contribution is 2.43. The van der Waals surface area contributed by atoms with Gasteiger partial charge in [0.2, 0.25) is 5.88 Å². The number of ether oxygens (including phenoxy) is 1. The first-order chi connectivity index (χ1) is 16.0. The first kappa shape index (κ1) is 21.9. The fourth-order valence-electron chi connectivity index (χ4n) is 3.93. The number of aryl methyl sites for hydroxylation is 2. The average molecular weight is 476 g/mol. The first-order valence-electron chi connectivity index (χ1n) is 10.6. The topological polar surface area (TPSA) is 68.1 Å². The molecule has 2 aromatic heterocycles. The molecule has 2 aromatic carbocycles. The molecule has 0 aliphatic carbocycles. The second-order valence-corrected chi connectivity index (χ2v) is 9.38. The number of pyridine rings is 1. The third kappa shape index (κ3) is 4.34. The fraction of sp³-hybridized carbons (Fsp3) is 0.192. The molecule has 0 amide bonds. The maximum atomic E-state index is 9.86. The van der Waals surface area contributed by atoms with Crippen molar-refractivity contribution in [3.05, 3.63) is 93.3 Å². The first-order valence-corrected chi connectivity index (χ1v) is 12.0. The van der Waals surface area contributed by atoms with Gasteiger partial charge in [0.05, 0.1) is 22.9 Å². The number of aromatic nitrogens is 3. The SMILES string of the molecule is Cc1cccc(CSc2nc(-c3ccccc3Cl)nc3c2Cc2c(CO)cnc(C)c2O3)c1. The summed E-state index contributed by atoms with van der Waals surface area (Å²) in [5.41, 5.74) is 6.57. The molecule has 0 atom stereocenters. The van der Waals surface area contributed by atoms with Crippen LogP contribution < -0.4 is 4.74 Å². The highest BCUT2D eigenvalue weighted by molar-refractivity contribution is 7.98. The summed E-state index contributed by atoms with van der Waals surface area (Å²) < 4.78 is 6.28. The Morgan fingerprint density at radius 3 is 2.70 bits per heavy atom. The molecule has 1 N–H and O–H groups in total. The van der Waals surface area contributed by atoms with Gasteiger partial charge in [-0.1, -0.05) is 53.6 Å². The number of rotatable bonds is 5. The van der Waals surface area contributed by atoms with Gasteiger partial charge in [-0.3, -0.25) is 4.98 Å². The van der Waals surface area contributed by atoms with Crippen LogP contribution in [0.3, 0.4) is 0 Å². The Balaban J connectivity index is 1.61. The summed E-state index contributed by atoms with van der Waals surface area (Å²) in [5.74, 6) is 2.47. The summed E-state index contributed by atoms with van der Waals surface area (Å²) in [4.78, 5) is 14.0. The molecule has 5 nitrogen and oxygen atoms in total. The maximum absolute atomic E-state index is 9.86. The van der Waals surface area contributed by atoms with Gasteiger partial charge < -0.3 is 9.84 Å². The zero-order valence-electron chi connectivity index (χ0n) is 18.3. The summed E-state index contributed by atoms with van der Waals surface area (Å²) in [5, 5.41) is 11.3. The predicted molar refractivity (Wildman–Crippen MR) is 131 cm³/mol. The number of fused-ring (bicyclic) bond motifs is 2. The lowest BCUT2D eigenvalue weighted by Gasteiger charge is -2.24. The van der Waals surface area contributed by atoms with E-state index < -0.39 is 0 Å².